The lowest BCUT2D eigenvalue weighted by molar-refractivity contribution is -0.143. The molecule has 0 fully saturated rings. The van der Waals surface area contributed by atoms with Crippen LogP contribution in [0.15, 0.2) is 81.7 Å². The molecule has 1 aliphatic rings. The first-order valence-electron chi connectivity index (χ1n) is 9.26. The van der Waals surface area contributed by atoms with Crippen LogP contribution in [0.2, 0.25) is 0 Å². The maximum absolute atomic E-state index is 12.4. The molecule has 2 atom stereocenters. The zero-order chi connectivity index (χ0) is 20.4. The number of anilines is 1. The summed E-state index contributed by atoms with van der Waals surface area (Å²) in [4.78, 5) is 14.5. The maximum atomic E-state index is 12.4. The Bertz CT molecular complexity index is 1010. The maximum Gasteiger partial charge on any atom is 0.319 e. The number of benzene rings is 3. The highest BCUT2D eigenvalue weighted by atomic mass is 79.9. The van der Waals surface area contributed by atoms with Crippen LogP contribution >= 0.6 is 31.9 Å². The number of halogens is 2. The minimum atomic E-state index is -0.270. The number of esters is 1. The number of methoxy groups -OCH3 is 1. The highest BCUT2D eigenvalue weighted by molar-refractivity contribution is 9.10. The van der Waals surface area contributed by atoms with E-state index in [0.29, 0.717) is 0 Å². The summed E-state index contributed by atoms with van der Waals surface area (Å²) in [5.74, 6) is -0.270. The molecule has 0 saturated heterocycles. The van der Waals surface area contributed by atoms with Gasteiger partial charge in [0.1, 0.15) is 6.17 Å². The lowest BCUT2D eigenvalue weighted by Crippen LogP contribution is -2.44. The smallest absolute Gasteiger partial charge is 0.319 e. The average molecular weight is 516 g/mol. The van der Waals surface area contributed by atoms with Crippen molar-refractivity contribution in [3.05, 3.63) is 98.4 Å². The summed E-state index contributed by atoms with van der Waals surface area (Å²) in [6.07, 6.45) is -0.180. The van der Waals surface area contributed by atoms with Gasteiger partial charge in [-0.3, -0.25) is 9.69 Å². The fraction of sp³-hybridized carbons (Fsp3) is 0.174. The number of nitrogens with one attached hydrogen (secondary N) is 1. The highest BCUT2D eigenvalue weighted by Gasteiger charge is 2.37. The molecule has 3 aromatic rings. The van der Waals surface area contributed by atoms with Crippen LogP contribution in [0.4, 0.5) is 5.69 Å². The Morgan fingerprint density at radius 2 is 1.66 bits per heavy atom. The Hall–Kier alpha value is -2.15. The van der Waals surface area contributed by atoms with Gasteiger partial charge in [-0.2, -0.15) is 0 Å². The first kappa shape index (κ1) is 20.1. The summed E-state index contributed by atoms with van der Waals surface area (Å²) < 4.78 is 7.04. The topological polar surface area (TPSA) is 41.6 Å². The Morgan fingerprint density at radius 1 is 0.966 bits per heavy atom. The van der Waals surface area contributed by atoms with Gasteiger partial charge in [-0.05, 0) is 47.0 Å². The van der Waals surface area contributed by atoms with Crippen LogP contribution in [0, 0.1) is 0 Å². The zero-order valence-corrected chi connectivity index (χ0v) is 19.0. The number of hydrogen-bond acceptors (Lipinski definition) is 4. The van der Waals surface area contributed by atoms with Gasteiger partial charge >= 0.3 is 5.97 Å². The third-order valence-electron chi connectivity index (χ3n) is 5.10. The second kappa shape index (κ2) is 8.69. The molecule has 0 saturated carbocycles. The van der Waals surface area contributed by atoms with Crippen molar-refractivity contribution in [1.29, 1.82) is 0 Å². The SMILES string of the molecule is COC(=O)CN1[C@H](c2ccccc2)c2cc(Br)ccc2N[C@H]1c1ccc(Br)cc1. The second-order valence-corrected chi connectivity index (χ2v) is 8.72. The quantitative estimate of drug-likeness (QED) is 0.439. The normalized spacial score (nSPS) is 18.6. The Morgan fingerprint density at radius 3 is 2.34 bits per heavy atom. The summed E-state index contributed by atoms with van der Waals surface area (Å²) >= 11 is 7.10. The molecule has 0 radical (unpaired) electrons. The molecule has 1 N–H and O–H groups in total. The van der Waals surface area contributed by atoms with E-state index in [-0.39, 0.29) is 24.7 Å². The van der Waals surface area contributed by atoms with E-state index >= 15 is 0 Å². The van der Waals surface area contributed by atoms with Gasteiger partial charge in [-0.15, -0.1) is 0 Å². The van der Waals surface area contributed by atoms with Crippen LogP contribution in [-0.2, 0) is 9.53 Å². The molecule has 29 heavy (non-hydrogen) atoms. The highest BCUT2D eigenvalue weighted by Crippen LogP contribution is 2.44. The fourth-order valence-corrected chi connectivity index (χ4v) is 4.41. The third-order valence-corrected chi connectivity index (χ3v) is 6.13. The van der Waals surface area contributed by atoms with Crippen molar-refractivity contribution in [2.75, 3.05) is 19.0 Å². The number of carbonyl (C=O) groups excluding carboxylic acids is 1. The standard InChI is InChI=1S/C23H20Br2N2O2/c1-29-21(28)14-27-22(15-5-3-2-4-6-15)19-13-18(25)11-12-20(19)26-23(27)16-7-9-17(24)10-8-16/h2-13,22-23,26H,14H2,1H3/t22-,23-/m1/s1. The molecule has 0 spiro atoms. The van der Waals surface area contributed by atoms with E-state index in [2.05, 4.69) is 78.5 Å². The molecule has 148 valence electrons. The van der Waals surface area contributed by atoms with Crippen molar-refractivity contribution < 1.29 is 9.53 Å². The van der Waals surface area contributed by atoms with E-state index in [9.17, 15) is 4.79 Å². The summed E-state index contributed by atoms with van der Waals surface area (Å²) in [7, 11) is 1.43. The number of fused-ring (bicyclic) bond motifs is 1. The molecular formula is C23H20Br2N2O2. The van der Waals surface area contributed by atoms with Crippen LogP contribution < -0.4 is 5.32 Å². The van der Waals surface area contributed by atoms with Crippen molar-refractivity contribution in [3.63, 3.8) is 0 Å². The van der Waals surface area contributed by atoms with Gasteiger partial charge in [0.05, 0.1) is 19.7 Å². The second-order valence-electron chi connectivity index (χ2n) is 6.89. The molecule has 4 nitrogen and oxygen atoms in total. The van der Waals surface area contributed by atoms with E-state index in [1.165, 1.54) is 7.11 Å². The fourth-order valence-electron chi connectivity index (χ4n) is 3.77. The van der Waals surface area contributed by atoms with Gasteiger partial charge in [-0.25, -0.2) is 0 Å². The van der Waals surface area contributed by atoms with Crippen molar-refractivity contribution in [3.8, 4) is 0 Å². The minimum absolute atomic E-state index is 0.0994. The molecule has 0 bridgehead atoms. The minimum Gasteiger partial charge on any atom is -0.468 e. The summed E-state index contributed by atoms with van der Waals surface area (Å²) in [5, 5.41) is 3.62. The zero-order valence-electron chi connectivity index (χ0n) is 15.8. The number of ether oxygens (including phenoxy) is 1. The number of hydrogen-bond donors (Lipinski definition) is 1. The van der Waals surface area contributed by atoms with Gasteiger partial charge in [0.25, 0.3) is 0 Å². The molecule has 1 aliphatic heterocycles. The molecule has 4 rings (SSSR count). The Balaban J connectivity index is 1.88. The molecular weight excluding hydrogens is 496 g/mol. The molecule has 0 aliphatic carbocycles. The third kappa shape index (κ3) is 4.25. The predicted molar refractivity (Wildman–Crippen MR) is 122 cm³/mol. The Kier molecular flexibility index (Phi) is 6.04. The predicted octanol–water partition coefficient (Wildman–Crippen LogP) is 5.90. The van der Waals surface area contributed by atoms with Crippen LogP contribution in [0.5, 0.6) is 0 Å². The molecule has 6 heteroatoms. The van der Waals surface area contributed by atoms with Crippen LogP contribution in [-0.4, -0.2) is 24.5 Å². The van der Waals surface area contributed by atoms with Gasteiger partial charge in [0.2, 0.25) is 0 Å². The molecule has 1 heterocycles. The first-order chi connectivity index (χ1) is 14.1. The number of carbonyl (C=O) groups is 1. The largest absolute Gasteiger partial charge is 0.468 e. The number of rotatable bonds is 4. The van der Waals surface area contributed by atoms with E-state index in [0.717, 1.165) is 31.3 Å². The van der Waals surface area contributed by atoms with Gasteiger partial charge in [-0.1, -0.05) is 74.3 Å². The lowest BCUT2D eigenvalue weighted by Gasteiger charge is -2.44. The van der Waals surface area contributed by atoms with Crippen LogP contribution in [0.1, 0.15) is 28.9 Å². The van der Waals surface area contributed by atoms with E-state index in [4.69, 9.17) is 4.74 Å². The molecule has 3 aromatic carbocycles. The monoisotopic (exact) mass is 514 g/mol. The summed E-state index contributed by atoms with van der Waals surface area (Å²) in [5.41, 5.74) is 4.37. The first-order valence-corrected chi connectivity index (χ1v) is 10.8. The van der Waals surface area contributed by atoms with Crippen molar-refractivity contribution in [2.45, 2.75) is 12.2 Å². The summed E-state index contributed by atoms with van der Waals surface area (Å²) in [6, 6.07) is 24.6. The average Bonchev–Trinajstić information content (AvgIpc) is 2.74. The van der Waals surface area contributed by atoms with E-state index in [1.807, 2.05) is 36.4 Å². The molecule has 0 amide bonds. The van der Waals surface area contributed by atoms with E-state index in [1.54, 1.807) is 0 Å². The van der Waals surface area contributed by atoms with E-state index < -0.39 is 0 Å². The van der Waals surface area contributed by atoms with Gasteiger partial charge in [0.15, 0.2) is 0 Å². The molecule has 0 unspecified atom stereocenters. The number of nitrogens with zero attached hydrogens (tertiary/aromatic N) is 1. The Labute approximate surface area is 187 Å². The summed E-state index contributed by atoms with van der Waals surface area (Å²) in [6.45, 7) is 0.162. The van der Waals surface area contributed by atoms with Gasteiger partial charge in [0, 0.05) is 14.6 Å². The van der Waals surface area contributed by atoms with Crippen molar-refractivity contribution in [2.24, 2.45) is 0 Å². The van der Waals surface area contributed by atoms with Crippen LogP contribution in [0.25, 0.3) is 0 Å². The van der Waals surface area contributed by atoms with Crippen LogP contribution in [0.3, 0.4) is 0 Å². The lowest BCUT2D eigenvalue weighted by atomic mass is 9.91. The van der Waals surface area contributed by atoms with Gasteiger partial charge < -0.3 is 10.1 Å². The van der Waals surface area contributed by atoms with Crippen molar-refractivity contribution in [1.82, 2.24) is 4.90 Å². The van der Waals surface area contributed by atoms with Crippen molar-refractivity contribution >= 4 is 43.5 Å². The molecule has 0 aromatic heterocycles.